The van der Waals surface area contributed by atoms with Crippen LogP contribution in [0.1, 0.15) is 19.6 Å². The second kappa shape index (κ2) is 11.0. The highest BCUT2D eigenvalue weighted by molar-refractivity contribution is 7.52. The molecule has 1 fully saturated rings. The molecule has 2 aromatic heterocycles. The Kier molecular flexibility index (Phi) is 7.96. The van der Waals surface area contributed by atoms with Gasteiger partial charge in [-0.3, -0.25) is 13.9 Å². The van der Waals surface area contributed by atoms with Crippen molar-refractivity contribution in [2.24, 2.45) is 0 Å². The molecular formula is C21H27ClN7O6P. The van der Waals surface area contributed by atoms with Gasteiger partial charge in [-0.1, -0.05) is 18.2 Å². The average Bonchev–Trinajstić information content (AvgIpc) is 3.44. The van der Waals surface area contributed by atoms with Crippen molar-refractivity contribution in [1.29, 1.82) is 0 Å². The molecule has 3 heterocycles. The number of methoxy groups -OCH3 is 1. The van der Waals surface area contributed by atoms with E-state index < -0.39 is 37.5 Å². The van der Waals surface area contributed by atoms with E-state index in [9.17, 15) is 9.36 Å². The molecule has 0 spiro atoms. The van der Waals surface area contributed by atoms with Crippen molar-refractivity contribution in [2.45, 2.75) is 37.1 Å². The van der Waals surface area contributed by atoms with Gasteiger partial charge in [-0.05, 0) is 25.5 Å². The third-order valence-corrected chi connectivity index (χ3v) is 7.42. The lowest BCUT2D eigenvalue weighted by molar-refractivity contribution is -0.142. The quantitative estimate of drug-likeness (QED) is 0.196. The van der Waals surface area contributed by atoms with Crippen LogP contribution < -0.4 is 20.7 Å². The van der Waals surface area contributed by atoms with E-state index >= 15 is 0 Å². The van der Waals surface area contributed by atoms with Crippen LogP contribution in [0, 0.1) is 0 Å². The molecule has 1 aromatic carbocycles. The van der Waals surface area contributed by atoms with Gasteiger partial charge in [-0.25, -0.2) is 9.55 Å². The van der Waals surface area contributed by atoms with Crippen molar-refractivity contribution < 1.29 is 27.9 Å². The Labute approximate surface area is 212 Å². The molecule has 1 saturated heterocycles. The molecule has 0 bridgehead atoms. The number of aromatic nitrogens is 4. The van der Waals surface area contributed by atoms with Crippen LogP contribution in [-0.2, 0) is 23.4 Å². The lowest BCUT2D eigenvalue weighted by Crippen LogP contribution is -2.35. The van der Waals surface area contributed by atoms with Crippen LogP contribution in [0.15, 0.2) is 36.7 Å². The molecule has 15 heteroatoms. The van der Waals surface area contributed by atoms with Gasteiger partial charge >= 0.3 is 13.7 Å². The molecule has 5 atom stereocenters. The average molecular weight is 540 g/mol. The fourth-order valence-corrected chi connectivity index (χ4v) is 5.61. The topological polar surface area (TPSA) is 165 Å². The number of nitrogens with zero attached hydrogens (tertiary/aromatic N) is 4. The van der Waals surface area contributed by atoms with E-state index in [1.54, 1.807) is 48.3 Å². The first-order valence-corrected chi connectivity index (χ1v) is 13.0. The van der Waals surface area contributed by atoms with Gasteiger partial charge in [0.1, 0.15) is 11.8 Å². The smallest absolute Gasteiger partial charge is 0.459 e. The fraction of sp³-hybridized carbons (Fsp3) is 0.429. The Morgan fingerprint density at radius 3 is 2.81 bits per heavy atom. The number of nitrogen functional groups attached to an aromatic ring is 1. The third kappa shape index (κ3) is 5.71. The number of hydrogen-bond acceptors (Lipinski definition) is 11. The monoisotopic (exact) mass is 539 g/mol. The maximum Gasteiger partial charge on any atom is 0.459 e. The number of hydrogen-bond donors (Lipinski definition) is 3. The van der Waals surface area contributed by atoms with Crippen LogP contribution in [-0.4, -0.2) is 63.8 Å². The van der Waals surface area contributed by atoms with Gasteiger partial charge in [-0.2, -0.15) is 15.1 Å². The molecule has 36 heavy (non-hydrogen) atoms. The van der Waals surface area contributed by atoms with E-state index in [-0.39, 0.29) is 12.6 Å². The number of para-hydroxylation sites is 1. The van der Waals surface area contributed by atoms with E-state index in [4.69, 9.17) is 35.9 Å². The number of ether oxygens (including phenoxy) is 2. The Bertz CT molecular complexity index is 1260. The lowest BCUT2D eigenvalue weighted by Gasteiger charge is -2.24. The van der Waals surface area contributed by atoms with Crippen molar-refractivity contribution in [3.63, 3.8) is 0 Å². The number of nitrogens with one attached hydrogen (secondary N) is 2. The van der Waals surface area contributed by atoms with Gasteiger partial charge in [0, 0.05) is 7.05 Å². The Hall–Kier alpha value is -2.96. The molecule has 3 aromatic rings. The van der Waals surface area contributed by atoms with Crippen molar-refractivity contribution in [3.05, 3.63) is 36.7 Å². The second-order valence-electron chi connectivity index (χ2n) is 7.98. The number of halogens is 1. The minimum atomic E-state index is -4.01. The number of benzene rings is 1. The number of alkyl halides is 1. The van der Waals surface area contributed by atoms with Crippen LogP contribution in [0.2, 0.25) is 0 Å². The van der Waals surface area contributed by atoms with Gasteiger partial charge in [-0.15, -0.1) is 11.6 Å². The summed E-state index contributed by atoms with van der Waals surface area (Å²) in [6.07, 6.45) is 0.747. The maximum absolute atomic E-state index is 13.5. The summed E-state index contributed by atoms with van der Waals surface area (Å²) in [5.41, 5.74) is 6.81. The molecule has 13 nitrogen and oxygen atoms in total. The van der Waals surface area contributed by atoms with Crippen molar-refractivity contribution in [3.8, 4) is 5.75 Å². The van der Waals surface area contributed by atoms with E-state index in [2.05, 4.69) is 25.4 Å². The van der Waals surface area contributed by atoms with E-state index in [0.717, 1.165) is 0 Å². The summed E-state index contributed by atoms with van der Waals surface area (Å²) in [5.74, 6) is 0.225. The minimum Gasteiger partial charge on any atom is -0.468 e. The molecule has 0 radical (unpaired) electrons. The van der Waals surface area contributed by atoms with Crippen LogP contribution >= 0.6 is 19.3 Å². The first-order chi connectivity index (χ1) is 17.2. The highest BCUT2D eigenvalue weighted by Gasteiger charge is 2.39. The Morgan fingerprint density at radius 2 is 2.11 bits per heavy atom. The van der Waals surface area contributed by atoms with Gasteiger partial charge in [0.25, 0.3) is 0 Å². The predicted molar refractivity (Wildman–Crippen MR) is 133 cm³/mol. The number of nitrogens with two attached hydrogens (primary N) is 1. The summed E-state index contributed by atoms with van der Waals surface area (Å²) in [6, 6.07) is 7.51. The molecule has 0 amide bonds. The summed E-state index contributed by atoms with van der Waals surface area (Å²) in [5, 5.41) is 5.07. The standard InChI is InChI=1S/C21H27ClN7O6P/c1-12(20(30)32-3)28-36(31,35-13-7-5-4-6-8-13)33-10-14-9-15(22)19(34-14)29-11-25-16-17(24-2)26-21(23)27-18(16)29/h4-8,11-12,14-15,19H,9-10H2,1-3H3,(H,28,31)(H3,23,24,26,27). The summed E-state index contributed by atoms with van der Waals surface area (Å²) < 4.78 is 37.3. The number of anilines is 2. The molecule has 1 aliphatic heterocycles. The zero-order chi connectivity index (χ0) is 25.9. The Balaban J connectivity index is 1.49. The maximum atomic E-state index is 13.5. The first-order valence-electron chi connectivity index (χ1n) is 11.0. The van der Waals surface area contributed by atoms with Gasteiger partial charge in [0.05, 0.1) is 31.5 Å². The second-order valence-corrected chi connectivity index (χ2v) is 10.2. The van der Waals surface area contributed by atoms with E-state index in [1.165, 1.54) is 14.0 Å². The fourth-order valence-electron chi connectivity index (χ4n) is 3.70. The minimum absolute atomic E-state index is 0.0717. The molecule has 4 N–H and O–H groups in total. The molecule has 194 valence electrons. The number of carbonyl (C=O) groups excluding carboxylic acids is 1. The van der Waals surface area contributed by atoms with Gasteiger partial charge in [0.15, 0.2) is 23.2 Å². The van der Waals surface area contributed by atoms with Gasteiger partial charge < -0.3 is 25.0 Å². The number of fused-ring (bicyclic) bond motifs is 1. The van der Waals surface area contributed by atoms with Crippen LogP contribution in [0.3, 0.4) is 0 Å². The normalized spacial score (nSPS) is 22.2. The SMILES string of the molecule is CNc1nc(N)nc2c1ncn2C1OC(COP(=O)(NC(C)C(=O)OC)Oc2ccccc2)CC1Cl. The number of rotatable bonds is 10. The Morgan fingerprint density at radius 1 is 1.36 bits per heavy atom. The van der Waals surface area contributed by atoms with E-state index in [1.807, 2.05) is 0 Å². The van der Waals surface area contributed by atoms with Crippen molar-refractivity contribution in [2.75, 3.05) is 31.8 Å². The number of carbonyl (C=O) groups is 1. The summed E-state index contributed by atoms with van der Waals surface area (Å²) in [7, 11) is -1.08. The van der Waals surface area contributed by atoms with Crippen LogP contribution in [0.4, 0.5) is 11.8 Å². The highest BCUT2D eigenvalue weighted by Crippen LogP contribution is 2.46. The zero-order valence-corrected chi connectivity index (χ0v) is 21.5. The lowest BCUT2D eigenvalue weighted by atomic mass is 10.2. The summed E-state index contributed by atoms with van der Waals surface area (Å²) >= 11 is 6.61. The molecule has 5 unspecified atom stereocenters. The number of esters is 1. The summed E-state index contributed by atoms with van der Waals surface area (Å²) in [4.78, 5) is 24.7. The molecule has 0 saturated carbocycles. The van der Waals surface area contributed by atoms with Crippen LogP contribution in [0.5, 0.6) is 5.75 Å². The molecular weight excluding hydrogens is 513 g/mol. The van der Waals surface area contributed by atoms with Crippen molar-refractivity contribution >= 4 is 48.2 Å². The van der Waals surface area contributed by atoms with Crippen LogP contribution in [0.25, 0.3) is 11.2 Å². The molecule has 0 aliphatic carbocycles. The van der Waals surface area contributed by atoms with Crippen molar-refractivity contribution in [1.82, 2.24) is 24.6 Å². The third-order valence-electron chi connectivity index (χ3n) is 5.38. The molecule has 1 aliphatic rings. The largest absolute Gasteiger partial charge is 0.468 e. The summed E-state index contributed by atoms with van der Waals surface area (Å²) in [6.45, 7) is 1.36. The highest BCUT2D eigenvalue weighted by atomic mass is 35.5. The van der Waals surface area contributed by atoms with E-state index in [0.29, 0.717) is 29.2 Å². The first kappa shape index (κ1) is 26.1. The van der Waals surface area contributed by atoms with Gasteiger partial charge in [0.2, 0.25) is 5.95 Å². The predicted octanol–water partition coefficient (Wildman–Crippen LogP) is 2.70. The zero-order valence-electron chi connectivity index (χ0n) is 19.8. The number of imidazole rings is 1. The molecule has 4 rings (SSSR count).